The van der Waals surface area contributed by atoms with Crippen LogP contribution in [0, 0.1) is 0 Å². The Kier molecular flexibility index (Phi) is 3.05. The molecule has 1 atom stereocenters. The highest BCUT2D eigenvalue weighted by Gasteiger charge is 2.02. The van der Waals surface area contributed by atoms with E-state index >= 15 is 0 Å². The van der Waals surface area contributed by atoms with Gasteiger partial charge in [0.05, 0.1) is 18.4 Å². The van der Waals surface area contributed by atoms with Crippen LogP contribution in [0.15, 0.2) is 18.3 Å². The molecule has 1 aromatic rings. The van der Waals surface area contributed by atoms with Crippen molar-refractivity contribution >= 4 is 0 Å². The van der Waals surface area contributed by atoms with Crippen LogP contribution in [0.5, 0.6) is 5.75 Å². The molecular weight excluding hydrogens is 154 g/mol. The van der Waals surface area contributed by atoms with Crippen molar-refractivity contribution in [2.45, 2.75) is 20.0 Å². The molecule has 66 valence electrons. The van der Waals surface area contributed by atoms with Crippen molar-refractivity contribution in [2.75, 3.05) is 6.61 Å². The van der Waals surface area contributed by atoms with Crippen LogP contribution in [-0.4, -0.2) is 16.7 Å². The highest BCUT2D eigenvalue weighted by molar-refractivity contribution is 5.23. The van der Waals surface area contributed by atoms with E-state index in [9.17, 15) is 5.11 Å². The molecule has 0 bridgehead atoms. The van der Waals surface area contributed by atoms with Gasteiger partial charge in [-0.15, -0.1) is 0 Å². The Morgan fingerprint density at radius 2 is 2.42 bits per heavy atom. The van der Waals surface area contributed by atoms with Gasteiger partial charge in [0.2, 0.25) is 0 Å². The molecule has 0 spiro atoms. The van der Waals surface area contributed by atoms with Crippen molar-refractivity contribution in [3.8, 4) is 5.75 Å². The zero-order valence-corrected chi connectivity index (χ0v) is 7.32. The lowest BCUT2D eigenvalue weighted by Crippen LogP contribution is -1.97. The van der Waals surface area contributed by atoms with Crippen molar-refractivity contribution in [2.24, 2.45) is 0 Å². The molecule has 0 aliphatic heterocycles. The number of aromatic nitrogens is 1. The predicted molar refractivity (Wildman–Crippen MR) is 46.0 cm³/mol. The molecule has 1 N–H and O–H groups in total. The average Bonchev–Trinajstić information content (AvgIpc) is 2.05. The van der Waals surface area contributed by atoms with Crippen molar-refractivity contribution in [1.82, 2.24) is 4.98 Å². The van der Waals surface area contributed by atoms with E-state index in [2.05, 4.69) is 4.98 Å². The van der Waals surface area contributed by atoms with Gasteiger partial charge in [-0.05, 0) is 19.9 Å². The summed E-state index contributed by atoms with van der Waals surface area (Å²) in [6.07, 6.45) is 1.10. The average molecular weight is 167 g/mol. The fraction of sp³-hybridized carbons (Fsp3) is 0.444. The molecule has 0 aromatic carbocycles. The minimum atomic E-state index is -0.537. The second kappa shape index (κ2) is 4.07. The van der Waals surface area contributed by atoms with Crippen LogP contribution >= 0.6 is 0 Å². The van der Waals surface area contributed by atoms with E-state index in [0.717, 1.165) is 5.75 Å². The molecule has 3 heteroatoms. The quantitative estimate of drug-likeness (QED) is 0.742. The molecule has 1 heterocycles. The van der Waals surface area contributed by atoms with E-state index in [0.29, 0.717) is 12.3 Å². The molecule has 0 aliphatic rings. The van der Waals surface area contributed by atoms with Gasteiger partial charge in [-0.1, -0.05) is 0 Å². The van der Waals surface area contributed by atoms with E-state index < -0.39 is 6.10 Å². The Hall–Kier alpha value is -1.09. The van der Waals surface area contributed by atoms with Crippen LogP contribution in [-0.2, 0) is 0 Å². The van der Waals surface area contributed by atoms with Gasteiger partial charge in [0, 0.05) is 12.3 Å². The number of aliphatic hydroxyl groups is 1. The third-order valence-electron chi connectivity index (χ3n) is 1.49. The Labute approximate surface area is 72.0 Å². The summed E-state index contributed by atoms with van der Waals surface area (Å²) in [5.41, 5.74) is 0.640. The molecule has 0 unspecified atom stereocenters. The normalized spacial score (nSPS) is 12.6. The molecule has 0 amide bonds. The minimum absolute atomic E-state index is 0.537. The fourth-order valence-electron chi connectivity index (χ4n) is 0.913. The van der Waals surface area contributed by atoms with Crippen LogP contribution in [0.1, 0.15) is 25.6 Å². The number of rotatable bonds is 3. The first-order chi connectivity index (χ1) is 5.74. The monoisotopic (exact) mass is 167 g/mol. The lowest BCUT2D eigenvalue weighted by Gasteiger charge is -2.06. The molecule has 0 aliphatic carbocycles. The summed E-state index contributed by atoms with van der Waals surface area (Å²) in [6, 6.07) is 3.52. The van der Waals surface area contributed by atoms with Gasteiger partial charge < -0.3 is 9.84 Å². The maximum Gasteiger partial charge on any atom is 0.122 e. The van der Waals surface area contributed by atoms with Gasteiger partial charge in [-0.25, -0.2) is 0 Å². The third kappa shape index (κ3) is 2.20. The molecule has 0 radical (unpaired) electrons. The van der Waals surface area contributed by atoms with E-state index in [1.54, 1.807) is 25.3 Å². The second-order valence-electron chi connectivity index (χ2n) is 2.53. The Bertz CT molecular complexity index is 248. The molecule has 1 rings (SSSR count). The molecule has 0 saturated heterocycles. The number of pyridine rings is 1. The smallest absolute Gasteiger partial charge is 0.122 e. The van der Waals surface area contributed by atoms with Gasteiger partial charge in [0.15, 0.2) is 0 Å². The maximum absolute atomic E-state index is 9.20. The first-order valence-corrected chi connectivity index (χ1v) is 4.01. The van der Waals surface area contributed by atoms with Crippen molar-refractivity contribution in [3.63, 3.8) is 0 Å². The van der Waals surface area contributed by atoms with E-state index in [1.165, 1.54) is 0 Å². The van der Waals surface area contributed by atoms with Crippen molar-refractivity contribution < 1.29 is 9.84 Å². The zero-order valence-electron chi connectivity index (χ0n) is 7.32. The van der Waals surface area contributed by atoms with Gasteiger partial charge in [0.1, 0.15) is 5.75 Å². The van der Waals surface area contributed by atoms with E-state index in [4.69, 9.17) is 4.74 Å². The Morgan fingerprint density at radius 3 is 3.00 bits per heavy atom. The van der Waals surface area contributed by atoms with Crippen LogP contribution in [0.2, 0.25) is 0 Å². The highest BCUT2D eigenvalue weighted by atomic mass is 16.5. The molecule has 3 nitrogen and oxygen atoms in total. The summed E-state index contributed by atoms with van der Waals surface area (Å²) in [5.74, 6) is 0.753. The standard InChI is InChI=1S/C9H13NO2/c1-3-12-8-4-5-10-9(6-8)7(2)11/h4-7,11H,3H2,1-2H3/t7-/m1/s1. The fourth-order valence-corrected chi connectivity index (χ4v) is 0.913. The van der Waals surface area contributed by atoms with Gasteiger partial charge in [-0.2, -0.15) is 0 Å². The van der Waals surface area contributed by atoms with Gasteiger partial charge in [-0.3, -0.25) is 4.98 Å². The maximum atomic E-state index is 9.20. The SMILES string of the molecule is CCOc1ccnc([C@@H](C)O)c1. The lowest BCUT2D eigenvalue weighted by molar-refractivity contribution is 0.193. The van der Waals surface area contributed by atoms with E-state index in [-0.39, 0.29) is 0 Å². The summed E-state index contributed by atoms with van der Waals surface area (Å²) in [4.78, 5) is 3.99. The van der Waals surface area contributed by atoms with E-state index in [1.807, 2.05) is 6.92 Å². The van der Waals surface area contributed by atoms with Crippen LogP contribution in [0.4, 0.5) is 0 Å². The summed E-state index contributed by atoms with van der Waals surface area (Å²) >= 11 is 0. The highest BCUT2D eigenvalue weighted by Crippen LogP contribution is 2.15. The number of hydrogen-bond donors (Lipinski definition) is 1. The third-order valence-corrected chi connectivity index (χ3v) is 1.49. The first-order valence-electron chi connectivity index (χ1n) is 4.01. The van der Waals surface area contributed by atoms with Crippen LogP contribution in [0.25, 0.3) is 0 Å². The predicted octanol–water partition coefficient (Wildman–Crippen LogP) is 1.53. The topological polar surface area (TPSA) is 42.4 Å². The summed E-state index contributed by atoms with van der Waals surface area (Å²) in [5, 5.41) is 9.20. The number of hydrogen-bond acceptors (Lipinski definition) is 3. The number of aliphatic hydroxyl groups excluding tert-OH is 1. The Balaban J connectivity index is 2.81. The van der Waals surface area contributed by atoms with Gasteiger partial charge in [0.25, 0.3) is 0 Å². The zero-order chi connectivity index (χ0) is 8.97. The molecular formula is C9H13NO2. The van der Waals surface area contributed by atoms with Gasteiger partial charge >= 0.3 is 0 Å². The van der Waals surface area contributed by atoms with Crippen LogP contribution in [0.3, 0.4) is 0 Å². The molecule has 0 fully saturated rings. The lowest BCUT2D eigenvalue weighted by atomic mass is 10.2. The first kappa shape index (κ1) is 9.00. The summed E-state index contributed by atoms with van der Waals surface area (Å²) in [7, 11) is 0. The van der Waals surface area contributed by atoms with Crippen LogP contribution < -0.4 is 4.74 Å². The minimum Gasteiger partial charge on any atom is -0.494 e. The molecule has 0 saturated carbocycles. The van der Waals surface area contributed by atoms with Crippen molar-refractivity contribution in [1.29, 1.82) is 0 Å². The molecule has 12 heavy (non-hydrogen) atoms. The largest absolute Gasteiger partial charge is 0.494 e. The molecule has 1 aromatic heterocycles. The second-order valence-corrected chi connectivity index (χ2v) is 2.53. The summed E-state index contributed by atoms with van der Waals surface area (Å²) < 4.78 is 5.25. The number of ether oxygens (including phenoxy) is 1. The number of nitrogens with zero attached hydrogens (tertiary/aromatic N) is 1. The Morgan fingerprint density at radius 1 is 1.67 bits per heavy atom. The summed E-state index contributed by atoms with van der Waals surface area (Å²) in [6.45, 7) is 4.23. The van der Waals surface area contributed by atoms with Crippen molar-refractivity contribution in [3.05, 3.63) is 24.0 Å².